The lowest BCUT2D eigenvalue weighted by atomic mass is 10.9. The van der Waals surface area contributed by atoms with Crippen LogP contribution in [0.1, 0.15) is 27.7 Å². The molecule has 0 aliphatic heterocycles. The summed E-state index contributed by atoms with van der Waals surface area (Å²) < 4.78 is 19.4. The topological polar surface area (TPSA) is 36.9 Å². The van der Waals surface area contributed by atoms with Crippen LogP contribution in [0.2, 0.25) is 0 Å². The number of hydrogen-bond acceptors (Lipinski definition) is 4. The molecule has 88 valence electrons. The zero-order chi connectivity index (χ0) is 11.1. The van der Waals surface area contributed by atoms with Crippen molar-refractivity contribution in [3.63, 3.8) is 0 Å². The van der Waals surface area contributed by atoms with Crippen molar-refractivity contribution in [3.05, 3.63) is 0 Å². The molecule has 0 spiro atoms. The van der Waals surface area contributed by atoms with E-state index >= 15 is 0 Å². The predicted molar refractivity (Wildman–Crippen MR) is 56.2 cm³/mol. The van der Waals surface area contributed by atoms with E-state index in [4.69, 9.17) is 18.9 Å². The first kappa shape index (κ1) is 16.3. The minimum Gasteiger partial charge on any atom is -0.356 e. The molecule has 0 aliphatic rings. The summed E-state index contributed by atoms with van der Waals surface area (Å²) in [7, 11) is 0. The molecule has 0 radical (unpaired) electrons. The molecular weight excluding hydrogens is 184 g/mol. The third-order valence-corrected chi connectivity index (χ3v) is 1.15. The molecule has 14 heavy (non-hydrogen) atoms. The standard InChI is InChI=1S/2C5H12O2/c2*1-3-6-5-7-4-2/h2*3-5H2,1-2H3. The van der Waals surface area contributed by atoms with Crippen molar-refractivity contribution in [1.29, 1.82) is 0 Å². The van der Waals surface area contributed by atoms with Gasteiger partial charge in [-0.05, 0) is 27.7 Å². The third-order valence-electron chi connectivity index (χ3n) is 1.15. The Balaban J connectivity index is 0. The number of hydrogen-bond donors (Lipinski definition) is 0. The van der Waals surface area contributed by atoms with Crippen LogP contribution < -0.4 is 0 Å². The van der Waals surface area contributed by atoms with Gasteiger partial charge in [0.05, 0.1) is 0 Å². The van der Waals surface area contributed by atoms with E-state index in [1.54, 1.807) is 0 Å². The zero-order valence-corrected chi connectivity index (χ0v) is 9.88. The van der Waals surface area contributed by atoms with Crippen molar-refractivity contribution < 1.29 is 18.9 Å². The monoisotopic (exact) mass is 208 g/mol. The lowest BCUT2D eigenvalue weighted by molar-refractivity contribution is -0.0447. The van der Waals surface area contributed by atoms with E-state index < -0.39 is 0 Å². The molecule has 0 amide bonds. The molecule has 0 aromatic carbocycles. The highest BCUT2D eigenvalue weighted by Crippen LogP contribution is 1.74. The Labute approximate surface area is 87.5 Å². The molecule has 0 aromatic rings. The van der Waals surface area contributed by atoms with Crippen LogP contribution in [0.4, 0.5) is 0 Å². The van der Waals surface area contributed by atoms with E-state index in [-0.39, 0.29) is 0 Å². The average Bonchev–Trinajstić information content (AvgIpc) is 2.21. The number of rotatable bonds is 8. The zero-order valence-electron chi connectivity index (χ0n) is 9.88. The van der Waals surface area contributed by atoms with Gasteiger partial charge in [-0.25, -0.2) is 0 Å². The fourth-order valence-corrected chi connectivity index (χ4v) is 0.451. The highest BCUT2D eigenvalue weighted by atomic mass is 16.7. The summed E-state index contributed by atoms with van der Waals surface area (Å²) in [6, 6.07) is 0. The fraction of sp³-hybridized carbons (Fsp3) is 1.00. The van der Waals surface area contributed by atoms with Gasteiger partial charge >= 0.3 is 0 Å². The molecule has 0 N–H and O–H groups in total. The van der Waals surface area contributed by atoms with Crippen molar-refractivity contribution in [2.24, 2.45) is 0 Å². The molecule has 0 aliphatic carbocycles. The lowest BCUT2D eigenvalue weighted by Gasteiger charge is -1.97. The maximum absolute atomic E-state index is 4.85. The van der Waals surface area contributed by atoms with Gasteiger partial charge in [0.2, 0.25) is 0 Å². The van der Waals surface area contributed by atoms with E-state index in [9.17, 15) is 0 Å². The first-order valence-corrected chi connectivity index (χ1v) is 5.14. The maximum atomic E-state index is 4.85. The van der Waals surface area contributed by atoms with Crippen LogP contribution in [0.5, 0.6) is 0 Å². The molecule has 0 saturated heterocycles. The normalized spacial score (nSPS) is 9.43. The highest BCUT2D eigenvalue weighted by Gasteiger charge is 1.77. The maximum Gasteiger partial charge on any atom is 0.146 e. The van der Waals surface area contributed by atoms with Gasteiger partial charge in [-0.15, -0.1) is 0 Å². The molecule has 4 heteroatoms. The van der Waals surface area contributed by atoms with Crippen LogP contribution in [-0.4, -0.2) is 40.0 Å². The van der Waals surface area contributed by atoms with Crippen molar-refractivity contribution in [2.45, 2.75) is 27.7 Å². The van der Waals surface area contributed by atoms with E-state index in [1.807, 2.05) is 27.7 Å². The molecule has 0 unspecified atom stereocenters. The first-order chi connectivity index (χ1) is 6.83. The molecule has 0 aromatic heterocycles. The van der Waals surface area contributed by atoms with Gasteiger partial charge in [0.1, 0.15) is 13.6 Å². The highest BCUT2D eigenvalue weighted by molar-refractivity contribution is 4.08. The van der Waals surface area contributed by atoms with Crippen LogP contribution in [0.15, 0.2) is 0 Å². The predicted octanol–water partition coefficient (Wildman–Crippen LogP) is 2.03. The third kappa shape index (κ3) is 22.6. The molecular formula is C10H24O4. The first-order valence-electron chi connectivity index (χ1n) is 5.14. The minimum atomic E-state index is 0.438. The van der Waals surface area contributed by atoms with Crippen molar-refractivity contribution in [2.75, 3.05) is 40.0 Å². The molecule has 0 saturated carbocycles. The molecule has 4 nitrogen and oxygen atoms in total. The van der Waals surface area contributed by atoms with Gasteiger partial charge in [-0.1, -0.05) is 0 Å². The van der Waals surface area contributed by atoms with E-state index in [1.165, 1.54) is 0 Å². The summed E-state index contributed by atoms with van der Waals surface area (Å²) in [5, 5.41) is 0. The Kier molecular flexibility index (Phi) is 21.6. The molecule has 0 fully saturated rings. The second-order valence-corrected chi connectivity index (χ2v) is 2.21. The van der Waals surface area contributed by atoms with Crippen molar-refractivity contribution >= 4 is 0 Å². The quantitative estimate of drug-likeness (QED) is 0.452. The van der Waals surface area contributed by atoms with E-state index in [0.717, 1.165) is 26.4 Å². The SMILES string of the molecule is CCOCOCC.CCOCOCC. The van der Waals surface area contributed by atoms with Crippen LogP contribution in [-0.2, 0) is 18.9 Å². The molecule has 0 bridgehead atoms. The van der Waals surface area contributed by atoms with Crippen LogP contribution >= 0.6 is 0 Å². The summed E-state index contributed by atoms with van der Waals surface area (Å²) >= 11 is 0. The Morgan fingerprint density at radius 1 is 0.500 bits per heavy atom. The molecule has 0 rings (SSSR count). The second kappa shape index (κ2) is 18.6. The van der Waals surface area contributed by atoms with Gasteiger partial charge in [-0.3, -0.25) is 0 Å². The smallest absolute Gasteiger partial charge is 0.146 e. The Bertz CT molecular complexity index is 60.5. The fourth-order valence-electron chi connectivity index (χ4n) is 0.451. The second-order valence-electron chi connectivity index (χ2n) is 2.21. The van der Waals surface area contributed by atoms with E-state index in [0.29, 0.717) is 13.6 Å². The molecule has 0 atom stereocenters. The van der Waals surface area contributed by atoms with Gasteiger partial charge < -0.3 is 18.9 Å². The summed E-state index contributed by atoms with van der Waals surface area (Å²) in [5.74, 6) is 0. The minimum absolute atomic E-state index is 0.438. The van der Waals surface area contributed by atoms with Crippen molar-refractivity contribution in [3.8, 4) is 0 Å². The Morgan fingerprint density at radius 2 is 0.714 bits per heavy atom. The summed E-state index contributed by atoms with van der Waals surface area (Å²) in [6.07, 6.45) is 0. The van der Waals surface area contributed by atoms with Gasteiger partial charge in [0, 0.05) is 26.4 Å². The van der Waals surface area contributed by atoms with Gasteiger partial charge in [-0.2, -0.15) is 0 Å². The van der Waals surface area contributed by atoms with Crippen LogP contribution in [0.3, 0.4) is 0 Å². The van der Waals surface area contributed by atoms with Crippen molar-refractivity contribution in [1.82, 2.24) is 0 Å². The largest absolute Gasteiger partial charge is 0.356 e. The van der Waals surface area contributed by atoms with E-state index in [2.05, 4.69) is 0 Å². The van der Waals surface area contributed by atoms with Crippen LogP contribution in [0.25, 0.3) is 0 Å². The summed E-state index contributed by atoms with van der Waals surface area (Å²) in [6.45, 7) is 11.6. The van der Waals surface area contributed by atoms with Crippen LogP contribution in [0, 0.1) is 0 Å². The number of ether oxygens (including phenoxy) is 4. The summed E-state index contributed by atoms with van der Waals surface area (Å²) in [4.78, 5) is 0. The van der Waals surface area contributed by atoms with Gasteiger partial charge in [0.25, 0.3) is 0 Å². The Hall–Kier alpha value is -0.160. The molecule has 0 heterocycles. The lowest BCUT2D eigenvalue weighted by Crippen LogP contribution is -1.97. The average molecular weight is 208 g/mol. The van der Waals surface area contributed by atoms with Gasteiger partial charge in [0.15, 0.2) is 0 Å². The summed E-state index contributed by atoms with van der Waals surface area (Å²) in [5.41, 5.74) is 0. The Morgan fingerprint density at radius 3 is 0.857 bits per heavy atom.